The zero-order valence-electron chi connectivity index (χ0n) is 12.4. The topological polar surface area (TPSA) is 94.6 Å². The van der Waals surface area contributed by atoms with Crippen LogP contribution in [0.2, 0.25) is 0 Å². The van der Waals surface area contributed by atoms with E-state index in [0.29, 0.717) is 5.69 Å². The van der Waals surface area contributed by atoms with E-state index >= 15 is 0 Å². The smallest absolute Gasteiger partial charge is 0.159 e. The number of aromatic nitrogens is 2. The summed E-state index contributed by atoms with van der Waals surface area (Å²) in [6, 6.07) is 9.10. The summed E-state index contributed by atoms with van der Waals surface area (Å²) < 4.78 is 5.55. The van der Waals surface area contributed by atoms with Crippen LogP contribution in [0.25, 0.3) is 0 Å². The number of nitrogens with zero attached hydrogens (tertiary/aromatic N) is 5. The third-order valence-electron chi connectivity index (χ3n) is 3.76. The lowest BCUT2D eigenvalue weighted by Gasteiger charge is -2.27. The van der Waals surface area contributed by atoms with Crippen molar-refractivity contribution in [1.82, 2.24) is 9.97 Å². The Labute approximate surface area is 133 Å². The highest BCUT2D eigenvalue weighted by molar-refractivity contribution is 6.03. The number of nitriles is 1. The van der Waals surface area contributed by atoms with Crippen LogP contribution in [0.1, 0.15) is 11.7 Å². The van der Waals surface area contributed by atoms with Crippen molar-refractivity contribution in [3.05, 3.63) is 54.6 Å². The van der Waals surface area contributed by atoms with Gasteiger partial charge in [0.25, 0.3) is 0 Å². The normalized spacial score (nSPS) is 21.6. The maximum absolute atomic E-state index is 10.7. The lowest BCUT2D eigenvalue weighted by molar-refractivity contribution is 0.0206. The fraction of sp³-hybridized carbons (Fsp3) is 0.250. The van der Waals surface area contributed by atoms with Gasteiger partial charge in [-0.1, -0.05) is 0 Å². The summed E-state index contributed by atoms with van der Waals surface area (Å²) in [4.78, 5) is 7.92. The van der Waals surface area contributed by atoms with E-state index in [9.17, 15) is 10.4 Å². The predicted octanol–water partition coefficient (Wildman–Crippen LogP) is 1.50. The van der Waals surface area contributed by atoms with Gasteiger partial charge in [0, 0.05) is 31.9 Å². The molecule has 0 saturated carbocycles. The first-order chi connectivity index (χ1) is 11.3. The molecule has 0 spiro atoms. The highest BCUT2D eigenvalue weighted by Crippen LogP contribution is 2.36. The van der Waals surface area contributed by atoms with E-state index in [0.717, 1.165) is 5.56 Å². The number of hydrazone groups is 1. The van der Waals surface area contributed by atoms with Crippen molar-refractivity contribution in [2.75, 3.05) is 12.1 Å². The highest BCUT2D eigenvalue weighted by atomic mass is 16.5. The first-order valence-corrected chi connectivity index (χ1v) is 7.05. The van der Waals surface area contributed by atoms with Crippen LogP contribution in [0.3, 0.4) is 0 Å². The van der Waals surface area contributed by atoms with Crippen LogP contribution in [0.5, 0.6) is 0 Å². The molecule has 3 rings (SSSR count). The van der Waals surface area contributed by atoms with Gasteiger partial charge < -0.3 is 9.84 Å². The average molecular weight is 309 g/mol. The number of anilines is 1. The second kappa shape index (κ2) is 6.52. The molecule has 7 nitrogen and oxygen atoms in total. The molecule has 0 bridgehead atoms. The Hall–Kier alpha value is -2.82. The SMILES string of the molecule is COC(c1ccncc1)C1C(C#N)=NN(c2ccncc2)C1O. The minimum atomic E-state index is -1.01. The largest absolute Gasteiger partial charge is 0.376 e. The van der Waals surface area contributed by atoms with Crippen molar-refractivity contribution >= 4 is 11.4 Å². The molecule has 0 saturated heterocycles. The average Bonchev–Trinajstić information content (AvgIpc) is 2.94. The van der Waals surface area contributed by atoms with Crippen molar-refractivity contribution in [2.24, 2.45) is 11.0 Å². The fourth-order valence-electron chi connectivity index (χ4n) is 2.68. The predicted molar refractivity (Wildman–Crippen MR) is 83.2 cm³/mol. The monoisotopic (exact) mass is 309 g/mol. The van der Waals surface area contributed by atoms with E-state index in [-0.39, 0.29) is 5.71 Å². The van der Waals surface area contributed by atoms with E-state index in [1.165, 1.54) is 5.01 Å². The number of ether oxygens (including phenoxy) is 1. The summed E-state index contributed by atoms with van der Waals surface area (Å²) in [5.41, 5.74) is 1.70. The molecule has 1 aliphatic heterocycles. The van der Waals surface area contributed by atoms with Gasteiger partial charge in [-0.3, -0.25) is 9.97 Å². The molecule has 23 heavy (non-hydrogen) atoms. The van der Waals surface area contributed by atoms with E-state index < -0.39 is 18.2 Å². The third kappa shape index (κ3) is 2.77. The van der Waals surface area contributed by atoms with E-state index in [4.69, 9.17) is 4.74 Å². The zero-order valence-corrected chi connectivity index (χ0v) is 12.4. The maximum Gasteiger partial charge on any atom is 0.159 e. The van der Waals surface area contributed by atoms with Crippen molar-refractivity contribution in [3.63, 3.8) is 0 Å². The second-order valence-corrected chi connectivity index (χ2v) is 5.02. The Morgan fingerprint density at radius 3 is 2.35 bits per heavy atom. The van der Waals surface area contributed by atoms with Crippen LogP contribution in [0.15, 0.2) is 54.2 Å². The Bertz CT molecular complexity index is 729. The van der Waals surface area contributed by atoms with E-state index in [2.05, 4.69) is 21.1 Å². The van der Waals surface area contributed by atoms with Crippen molar-refractivity contribution < 1.29 is 9.84 Å². The number of hydrogen-bond donors (Lipinski definition) is 1. The van der Waals surface area contributed by atoms with Crippen molar-refractivity contribution in [1.29, 1.82) is 5.26 Å². The molecule has 0 fully saturated rings. The summed E-state index contributed by atoms with van der Waals surface area (Å²) in [5, 5.41) is 25.8. The second-order valence-electron chi connectivity index (χ2n) is 5.02. The van der Waals surface area contributed by atoms with Crippen LogP contribution in [0.4, 0.5) is 5.69 Å². The van der Waals surface area contributed by atoms with Crippen LogP contribution in [-0.2, 0) is 4.74 Å². The standard InChI is InChI=1S/C16H15N5O2/c1-23-15(11-2-6-18-7-3-11)14-13(10-17)20-21(16(14)22)12-4-8-19-9-5-12/h2-9,14-16,22H,1H3. The molecule has 0 radical (unpaired) electrons. The van der Waals surface area contributed by atoms with Gasteiger partial charge in [-0.2, -0.15) is 10.4 Å². The summed E-state index contributed by atoms with van der Waals surface area (Å²) in [7, 11) is 1.54. The van der Waals surface area contributed by atoms with Crippen molar-refractivity contribution in [3.8, 4) is 6.07 Å². The molecule has 116 valence electrons. The molecule has 7 heteroatoms. The molecule has 3 atom stereocenters. The van der Waals surface area contributed by atoms with Crippen LogP contribution < -0.4 is 5.01 Å². The van der Waals surface area contributed by atoms with Crippen molar-refractivity contribution in [2.45, 2.75) is 12.3 Å². The van der Waals surface area contributed by atoms with Gasteiger partial charge in [0.05, 0.1) is 17.7 Å². The molecule has 3 unspecified atom stereocenters. The Morgan fingerprint density at radius 1 is 1.17 bits per heavy atom. The zero-order chi connectivity index (χ0) is 16.2. The molecule has 0 aliphatic carbocycles. The third-order valence-corrected chi connectivity index (χ3v) is 3.76. The number of hydrogen-bond acceptors (Lipinski definition) is 7. The molecule has 0 aromatic carbocycles. The van der Waals surface area contributed by atoms with Gasteiger partial charge in [-0.25, -0.2) is 5.01 Å². The summed E-state index contributed by atoms with van der Waals surface area (Å²) in [5.74, 6) is -0.597. The van der Waals surface area contributed by atoms with Crippen LogP contribution in [0, 0.1) is 17.2 Å². The molecule has 1 aliphatic rings. The first-order valence-electron chi connectivity index (χ1n) is 7.05. The molecule has 1 N–H and O–H groups in total. The van der Waals surface area contributed by atoms with Gasteiger partial charge in [0.1, 0.15) is 11.8 Å². The maximum atomic E-state index is 10.7. The van der Waals surface area contributed by atoms with Gasteiger partial charge in [0.15, 0.2) is 6.23 Å². The van der Waals surface area contributed by atoms with Crippen LogP contribution in [-0.4, -0.2) is 34.1 Å². The molecule has 3 heterocycles. The summed E-state index contributed by atoms with van der Waals surface area (Å²) in [6.07, 6.45) is 4.99. The van der Waals surface area contributed by atoms with E-state index in [1.807, 2.05) is 0 Å². The lowest BCUT2D eigenvalue weighted by atomic mass is 9.91. The Kier molecular flexibility index (Phi) is 4.28. The number of rotatable bonds is 4. The summed E-state index contributed by atoms with van der Waals surface area (Å²) >= 11 is 0. The van der Waals surface area contributed by atoms with E-state index in [1.54, 1.807) is 56.2 Å². The molecular weight excluding hydrogens is 294 g/mol. The Morgan fingerprint density at radius 2 is 1.78 bits per heavy atom. The van der Waals surface area contributed by atoms with Gasteiger partial charge in [0.2, 0.25) is 0 Å². The van der Waals surface area contributed by atoms with Crippen LogP contribution >= 0.6 is 0 Å². The van der Waals surface area contributed by atoms with Gasteiger partial charge in [-0.15, -0.1) is 0 Å². The first kappa shape index (κ1) is 15.1. The van der Waals surface area contributed by atoms with Gasteiger partial charge >= 0.3 is 0 Å². The minimum Gasteiger partial charge on any atom is -0.376 e. The molecule has 0 amide bonds. The fourth-order valence-corrected chi connectivity index (χ4v) is 2.68. The number of aliphatic hydroxyl groups is 1. The number of pyridine rings is 2. The number of methoxy groups -OCH3 is 1. The lowest BCUT2D eigenvalue weighted by Crippen LogP contribution is -2.37. The molecule has 2 aromatic rings. The summed E-state index contributed by atoms with van der Waals surface area (Å²) in [6.45, 7) is 0. The highest BCUT2D eigenvalue weighted by Gasteiger charge is 2.43. The molecule has 2 aromatic heterocycles. The minimum absolute atomic E-state index is 0.220. The quantitative estimate of drug-likeness (QED) is 0.919. The Balaban J connectivity index is 1.96. The van der Waals surface area contributed by atoms with Gasteiger partial charge in [-0.05, 0) is 29.8 Å². The molecular formula is C16H15N5O2. The number of aliphatic hydroxyl groups excluding tert-OH is 1.